The zero-order valence-corrected chi connectivity index (χ0v) is 23.5. The Morgan fingerprint density at radius 1 is 1.21 bits per heavy atom. The van der Waals surface area contributed by atoms with Crippen LogP contribution >= 0.6 is 0 Å². The molecule has 38 heavy (non-hydrogen) atoms. The number of benzene rings is 2. The third kappa shape index (κ3) is 8.50. The fourth-order valence-corrected chi connectivity index (χ4v) is 4.75. The van der Waals surface area contributed by atoms with Crippen LogP contribution in [0.3, 0.4) is 0 Å². The number of amides is 1. The Morgan fingerprint density at radius 2 is 2.00 bits per heavy atom. The number of ether oxygens (including phenoxy) is 2. The van der Waals surface area contributed by atoms with Gasteiger partial charge in [-0.25, -0.2) is 0 Å². The predicted molar refractivity (Wildman–Crippen MR) is 155 cm³/mol. The van der Waals surface area contributed by atoms with Crippen molar-refractivity contribution in [3.8, 4) is 11.5 Å². The van der Waals surface area contributed by atoms with Gasteiger partial charge in [-0.05, 0) is 72.9 Å². The second-order valence-electron chi connectivity index (χ2n) is 11.4. The fourth-order valence-electron chi connectivity index (χ4n) is 4.75. The van der Waals surface area contributed by atoms with Crippen molar-refractivity contribution < 1.29 is 19.4 Å². The molecule has 7 heteroatoms. The van der Waals surface area contributed by atoms with Crippen molar-refractivity contribution in [3.63, 3.8) is 0 Å². The average molecular weight is 524 g/mol. The highest BCUT2D eigenvalue weighted by atomic mass is 16.5. The number of anilines is 1. The van der Waals surface area contributed by atoms with Crippen molar-refractivity contribution in [3.05, 3.63) is 65.2 Å². The van der Waals surface area contributed by atoms with Crippen LogP contribution in [-0.2, 0) is 19.3 Å². The zero-order valence-electron chi connectivity index (χ0n) is 23.5. The van der Waals surface area contributed by atoms with Crippen LogP contribution in [0.5, 0.6) is 11.5 Å². The minimum absolute atomic E-state index is 0.0480. The van der Waals surface area contributed by atoms with Gasteiger partial charge in [-0.1, -0.05) is 39.0 Å². The molecule has 4 N–H and O–H groups in total. The molecule has 0 fully saturated rings. The number of carbonyl (C=O) groups is 1. The third-order valence-corrected chi connectivity index (χ3v) is 6.51. The molecule has 2 aromatic rings. The molecule has 1 amide bonds. The Labute approximate surface area is 228 Å². The van der Waals surface area contributed by atoms with Crippen molar-refractivity contribution in [1.82, 2.24) is 5.32 Å². The Bertz CT molecular complexity index is 1090. The molecule has 0 aromatic heterocycles. The summed E-state index contributed by atoms with van der Waals surface area (Å²) in [5, 5.41) is 12.7. The van der Waals surface area contributed by atoms with Gasteiger partial charge in [0, 0.05) is 32.3 Å². The van der Waals surface area contributed by atoms with Gasteiger partial charge in [0.1, 0.15) is 6.61 Å². The number of nitrogens with two attached hydrogens (primary N) is 1. The minimum atomic E-state index is -0.406. The van der Waals surface area contributed by atoms with Crippen molar-refractivity contribution in [2.24, 2.45) is 11.1 Å². The highest BCUT2D eigenvalue weighted by Gasteiger charge is 2.25. The second kappa shape index (κ2) is 13.7. The lowest BCUT2D eigenvalue weighted by atomic mass is 9.98. The number of hydrogen-bond acceptors (Lipinski definition) is 6. The van der Waals surface area contributed by atoms with E-state index in [0.29, 0.717) is 31.7 Å². The van der Waals surface area contributed by atoms with Crippen LogP contribution in [0.15, 0.2) is 43.0 Å². The van der Waals surface area contributed by atoms with Gasteiger partial charge >= 0.3 is 0 Å². The SMILES string of the molecule is C=CCc1ccc(OCCNC(C)Cc2cc3c(c(C(N)=O)c2)N(CCCO)CC3)c(OCC(C)(C)C)c1. The maximum atomic E-state index is 12.2. The number of aliphatic hydroxyl groups is 1. The summed E-state index contributed by atoms with van der Waals surface area (Å²) in [5.74, 6) is 1.10. The molecule has 1 heterocycles. The van der Waals surface area contributed by atoms with Gasteiger partial charge in [0.2, 0.25) is 0 Å². The van der Waals surface area contributed by atoms with Crippen LogP contribution < -0.4 is 25.4 Å². The average Bonchev–Trinajstić information content (AvgIpc) is 3.26. The number of rotatable bonds is 15. The van der Waals surface area contributed by atoms with Gasteiger partial charge in [-0.15, -0.1) is 6.58 Å². The van der Waals surface area contributed by atoms with Crippen LogP contribution in [0.2, 0.25) is 0 Å². The molecule has 0 spiro atoms. The normalized spacial score (nSPS) is 13.8. The zero-order chi connectivity index (χ0) is 27.7. The molecule has 1 unspecified atom stereocenters. The summed E-state index contributed by atoms with van der Waals surface area (Å²) in [5.41, 5.74) is 10.7. The van der Waals surface area contributed by atoms with E-state index in [1.165, 1.54) is 0 Å². The predicted octanol–water partition coefficient (Wildman–Crippen LogP) is 4.28. The first-order chi connectivity index (χ1) is 18.1. The molecule has 1 aliphatic rings. The van der Waals surface area contributed by atoms with E-state index in [4.69, 9.17) is 15.2 Å². The molecular weight excluding hydrogens is 478 g/mol. The van der Waals surface area contributed by atoms with E-state index in [9.17, 15) is 9.90 Å². The number of primary amides is 1. The summed E-state index contributed by atoms with van der Waals surface area (Å²) in [6.07, 6.45) is 5.00. The molecule has 3 rings (SSSR count). The Morgan fingerprint density at radius 3 is 2.68 bits per heavy atom. The molecule has 0 aliphatic carbocycles. The summed E-state index contributed by atoms with van der Waals surface area (Å²) in [6.45, 7) is 15.9. The summed E-state index contributed by atoms with van der Waals surface area (Å²) in [7, 11) is 0. The standard InChI is InChI=1S/C31H45N3O4/c1-6-8-23-9-10-27(28(20-23)38-21-31(3,4)5)37-16-12-33-22(2)17-24-18-25-11-14-34(13-7-15-35)29(25)26(19-24)30(32)36/h6,9-10,18-20,22,33,35H,1,7-8,11-17,21H2,2-5H3,(H2,32,36). The van der Waals surface area contributed by atoms with Crippen LogP contribution in [0.4, 0.5) is 5.69 Å². The maximum absolute atomic E-state index is 12.2. The first kappa shape index (κ1) is 29.5. The summed E-state index contributed by atoms with van der Waals surface area (Å²) in [6, 6.07) is 10.4. The van der Waals surface area contributed by atoms with Crippen molar-refractivity contribution in [1.29, 1.82) is 0 Å². The van der Waals surface area contributed by atoms with Gasteiger partial charge in [-0.3, -0.25) is 4.79 Å². The fraction of sp³-hybridized carbons (Fsp3) is 0.516. The van der Waals surface area contributed by atoms with E-state index in [0.717, 1.165) is 66.2 Å². The summed E-state index contributed by atoms with van der Waals surface area (Å²) >= 11 is 0. The van der Waals surface area contributed by atoms with Crippen LogP contribution in [-0.4, -0.2) is 56.5 Å². The summed E-state index contributed by atoms with van der Waals surface area (Å²) in [4.78, 5) is 14.4. The molecule has 0 saturated heterocycles. The first-order valence-corrected chi connectivity index (χ1v) is 13.7. The van der Waals surface area contributed by atoms with E-state index in [2.05, 4.69) is 50.6 Å². The largest absolute Gasteiger partial charge is 0.489 e. The molecule has 208 valence electrons. The summed E-state index contributed by atoms with van der Waals surface area (Å²) < 4.78 is 12.2. The maximum Gasteiger partial charge on any atom is 0.250 e. The monoisotopic (exact) mass is 523 g/mol. The second-order valence-corrected chi connectivity index (χ2v) is 11.4. The number of hydrogen-bond donors (Lipinski definition) is 3. The lowest BCUT2D eigenvalue weighted by Gasteiger charge is -2.22. The lowest BCUT2D eigenvalue weighted by molar-refractivity contribution is 0.100. The Kier molecular flexibility index (Phi) is 10.6. The molecule has 0 radical (unpaired) electrons. The molecule has 1 aliphatic heterocycles. The molecule has 0 bridgehead atoms. The minimum Gasteiger partial charge on any atom is -0.489 e. The van der Waals surface area contributed by atoms with Gasteiger partial charge in [0.25, 0.3) is 5.91 Å². The van der Waals surface area contributed by atoms with Crippen LogP contribution in [0.25, 0.3) is 0 Å². The highest BCUT2D eigenvalue weighted by molar-refractivity contribution is 6.00. The number of fused-ring (bicyclic) bond motifs is 1. The molecule has 1 atom stereocenters. The molecular formula is C31H45N3O4. The highest BCUT2D eigenvalue weighted by Crippen LogP contribution is 2.34. The van der Waals surface area contributed by atoms with Gasteiger partial charge in [-0.2, -0.15) is 0 Å². The number of allylic oxidation sites excluding steroid dienone is 1. The molecule has 2 aromatic carbocycles. The third-order valence-electron chi connectivity index (χ3n) is 6.51. The number of nitrogens with one attached hydrogen (secondary N) is 1. The van der Waals surface area contributed by atoms with E-state index >= 15 is 0 Å². The van der Waals surface area contributed by atoms with Gasteiger partial charge in [0.15, 0.2) is 11.5 Å². The smallest absolute Gasteiger partial charge is 0.250 e. The topological polar surface area (TPSA) is 97.0 Å². The van der Waals surface area contributed by atoms with Crippen molar-refractivity contribution in [2.75, 3.05) is 44.4 Å². The van der Waals surface area contributed by atoms with Crippen LogP contribution in [0, 0.1) is 5.41 Å². The van der Waals surface area contributed by atoms with E-state index < -0.39 is 5.91 Å². The lowest BCUT2D eigenvalue weighted by Crippen LogP contribution is -2.32. The van der Waals surface area contributed by atoms with Crippen LogP contribution in [0.1, 0.15) is 61.2 Å². The Hall–Kier alpha value is -3.03. The number of aliphatic hydroxyl groups excluding tert-OH is 1. The molecule has 0 saturated carbocycles. The number of carbonyl (C=O) groups excluding carboxylic acids is 1. The van der Waals surface area contributed by atoms with E-state index in [1.807, 2.05) is 30.3 Å². The van der Waals surface area contributed by atoms with E-state index in [-0.39, 0.29) is 18.1 Å². The number of nitrogens with zero attached hydrogens (tertiary/aromatic N) is 1. The van der Waals surface area contributed by atoms with Crippen molar-refractivity contribution in [2.45, 2.75) is 59.4 Å². The van der Waals surface area contributed by atoms with Gasteiger partial charge < -0.3 is 30.5 Å². The van der Waals surface area contributed by atoms with Gasteiger partial charge in [0.05, 0.1) is 17.9 Å². The van der Waals surface area contributed by atoms with Crippen molar-refractivity contribution >= 4 is 11.6 Å². The first-order valence-electron chi connectivity index (χ1n) is 13.7. The molecule has 7 nitrogen and oxygen atoms in total. The Balaban J connectivity index is 1.57. The quantitative estimate of drug-likeness (QED) is 0.238. The van der Waals surface area contributed by atoms with E-state index in [1.54, 1.807) is 0 Å².